The predicted molar refractivity (Wildman–Crippen MR) is 122 cm³/mol. The van der Waals surface area contributed by atoms with Crippen molar-refractivity contribution >= 4 is 16.9 Å². The van der Waals surface area contributed by atoms with E-state index in [0.29, 0.717) is 11.9 Å². The highest BCUT2D eigenvalue weighted by Gasteiger charge is 2.21. The molecule has 2 aromatic carbocycles. The first-order valence-electron chi connectivity index (χ1n) is 10.3. The van der Waals surface area contributed by atoms with Crippen LogP contribution in [-0.4, -0.2) is 16.3 Å². The van der Waals surface area contributed by atoms with E-state index in [9.17, 15) is 9.59 Å². The minimum Gasteiger partial charge on any atom is -0.444 e. The van der Waals surface area contributed by atoms with Crippen LogP contribution < -0.4 is 10.9 Å². The molecule has 1 heterocycles. The standard InChI is InChI=1S/C25H30N2O3/c1-17(2)16-27-21(15-26-24(29)30-25(3,4)5)22(18-11-7-6-8-12-18)19-13-9-10-14-20(19)23(27)28/h6-14,17H,15-16H2,1-5H3,(H,26,29). The zero-order valence-electron chi connectivity index (χ0n) is 18.4. The van der Waals surface area contributed by atoms with Crippen LogP contribution in [0.25, 0.3) is 21.9 Å². The number of carbonyl (C=O) groups excluding carboxylic acids is 1. The van der Waals surface area contributed by atoms with Gasteiger partial charge < -0.3 is 14.6 Å². The minimum atomic E-state index is -0.590. The lowest BCUT2D eigenvalue weighted by Gasteiger charge is -2.23. The summed E-state index contributed by atoms with van der Waals surface area (Å²) in [6, 6.07) is 17.6. The molecule has 0 saturated heterocycles. The van der Waals surface area contributed by atoms with Crippen LogP contribution >= 0.6 is 0 Å². The molecule has 0 radical (unpaired) electrons. The maximum absolute atomic E-state index is 13.4. The molecular formula is C25H30N2O3. The Morgan fingerprint density at radius 3 is 2.20 bits per heavy atom. The van der Waals surface area contributed by atoms with Gasteiger partial charge in [0.2, 0.25) is 0 Å². The van der Waals surface area contributed by atoms with Gasteiger partial charge in [0.1, 0.15) is 5.60 Å². The highest BCUT2D eigenvalue weighted by Crippen LogP contribution is 2.31. The van der Waals surface area contributed by atoms with Crippen LogP contribution in [0.15, 0.2) is 59.4 Å². The Kier molecular flexibility index (Phi) is 6.30. The summed E-state index contributed by atoms with van der Waals surface area (Å²) in [6.45, 7) is 10.4. The number of amides is 1. The van der Waals surface area contributed by atoms with E-state index in [4.69, 9.17) is 4.74 Å². The smallest absolute Gasteiger partial charge is 0.407 e. The predicted octanol–water partition coefficient (Wildman–Crippen LogP) is 5.35. The molecule has 0 fully saturated rings. The first-order chi connectivity index (χ1) is 14.2. The Hall–Kier alpha value is -3.08. The number of aromatic nitrogens is 1. The second-order valence-electron chi connectivity index (χ2n) is 8.90. The van der Waals surface area contributed by atoms with Crippen molar-refractivity contribution in [2.24, 2.45) is 5.92 Å². The highest BCUT2D eigenvalue weighted by molar-refractivity contribution is 5.97. The molecule has 1 aromatic heterocycles. The number of hydrogen-bond acceptors (Lipinski definition) is 3. The Labute approximate surface area is 177 Å². The largest absolute Gasteiger partial charge is 0.444 e. The fraction of sp³-hybridized carbons (Fsp3) is 0.360. The third kappa shape index (κ3) is 4.90. The molecule has 0 aliphatic heterocycles. The molecular weight excluding hydrogens is 376 g/mol. The molecule has 0 unspecified atom stereocenters. The molecule has 30 heavy (non-hydrogen) atoms. The van der Waals surface area contributed by atoms with Crippen LogP contribution in [0, 0.1) is 5.92 Å². The number of rotatable bonds is 5. The quantitative estimate of drug-likeness (QED) is 0.621. The van der Waals surface area contributed by atoms with Crippen LogP contribution in [0.3, 0.4) is 0 Å². The van der Waals surface area contributed by atoms with Gasteiger partial charge in [0.15, 0.2) is 0 Å². The molecule has 5 heteroatoms. The lowest BCUT2D eigenvalue weighted by molar-refractivity contribution is 0.0522. The van der Waals surface area contributed by atoms with Crippen LogP contribution in [0.4, 0.5) is 4.79 Å². The number of nitrogens with one attached hydrogen (secondary N) is 1. The second kappa shape index (κ2) is 8.74. The second-order valence-corrected chi connectivity index (χ2v) is 8.90. The average molecular weight is 407 g/mol. The van der Waals surface area contributed by atoms with Crippen molar-refractivity contribution in [1.82, 2.24) is 9.88 Å². The van der Waals surface area contributed by atoms with E-state index in [-0.39, 0.29) is 18.0 Å². The Morgan fingerprint density at radius 1 is 1.00 bits per heavy atom. The Morgan fingerprint density at radius 2 is 1.60 bits per heavy atom. The van der Waals surface area contributed by atoms with E-state index in [1.54, 1.807) is 4.57 Å². The molecule has 1 N–H and O–H groups in total. The SMILES string of the molecule is CC(C)Cn1c(CNC(=O)OC(C)(C)C)c(-c2ccccc2)c2ccccc2c1=O. The van der Waals surface area contributed by atoms with E-state index >= 15 is 0 Å². The van der Waals surface area contributed by atoms with E-state index in [2.05, 4.69) is 19.2 Å². The first kappa shape index (κ1) is 21.6. The number of pyridine rings is 1. The summed E-state index contributed by atoms with van der Waals surface area (Å²) in [5.41, 5.74) is 2.12. The summed E-state index contributed by atoms with van der Waals surface area (Å²) in [5, 5.41) is 4.41. The number of ether oxygens (including phenoxy) is 1. The lowest BCUT2D eigenvalue weighted by Crippen LogP contribution is -2.35. The van der Waals surface area contributed by atoms with Crippen LogP contribution in [0.1, 0.15) is 40.3 Å². The van der Waals surface area contributed by atoms with Gasteiger partial charge in [-0.3, -0.25) is 4.79 Å². The van der Waals surface area contributed by atoms with E-state index in [0.717, 1.165) is 22.2 Å². The molecule has 3 aromatic rings. The van der Waals surface area contributed by atoms with E-state index < -0.39 is 11.7 Å². The molecule has 3 rings (SSSR count). The number of fused-ring (bicyclic) bond motifs is 1. The highest BCUT2D eigenvalue weighted by atomic mass is 16.6. The number of carbonyl (C=O) groups is 1. The van der Waals surface area contributed by atoms with Crippen LogP contribution in [0.5, 0.6) is 0 Å². The van der Waals surface area contributed by atoms with E-state index in [1.165, 1.54) is 0 Å². The molecule has 0 aliphatic carbocycles. The molecule has 0 saturated carbocycles. The monoisotopic (exact) mass is 406 g/mol. The summed E-state index contributed by atoms with van der Waals surface area (Å²) in [6.07, 6.45) is -0.502. The molecule has 0 aliphatic rings. The average Bonchev–Trinajstić information content (AvgIpc) is 2.68. The van der Waals surface area contributed by atoms with Crippen LogP contribution in [0.2, 0.25) is 0 Å². The number of benzene rings is 2. The third-order valence-corrected chi connectivity index (χ3v) is 4.70. The van der Waals surface area contributed by atoms with Gasteiger partial charge in [0.25, 0.3) is 5.56 Å². The van der Waals surface area contributed by atoms with Crippen molar-refractivity contribution in [2.45, 2.75) is 53.3 Å². The fourth-order valence-electron chi connectivity index (χ4n) is 3.59. The van der Waals surface area contributed by atoms with Crippen molar-refractivity contribution in [2.75, 3.05) is 0 Å². The van der Waals surface area contributed by atoms with Gasteiger partial charge in [-0.1, -0.05) is 62.4 Å². The number of alkyl carbamates (subject to hydrolysis) is 1. The summed E-state index contributed by atoms with van der Waals surface area (Å²) >= 11 is 0. The van der Waals surface area contributed by atoms with Crippen LogP contribution in [-0.2, 0) is 17.8 Å². The van der Waals surface area contributed by atoms with Crippen molar-refractivity contribution < 1.29 is 9.53 Å². The minimum absolute atomic E-state index is 0.0417. The van der Waals surface area contributed by atoms with Gasteiger partial charge in [-0.25, -0.2) is 4.79 Å². The van der Waals surface area contributed by atoms with E-state index in [1.807, 2.05) is 75.4 Å². The van der Waals surface area contributed by atoms with Gasteiger partial charge in [0.05, 0.1) is 6.54 Å². The molecule has 0 atom stereocenters. The molecule has 0 bridgehead atoms. The maximum atomic E-state index is 13.4. The van der Waals surface area contributed by atoms with Gasteiger partial charge in [-0.15, -0.1) is 0 Å². The summed E-state index contributed by atoms with van der Waals surface area (Å²) in [5.74, 6) is 0.271. The van der Waals surface area contributed by atoms with Gasteiger partial charge in [0, 0.05) is 23.2 Å². The number of nitrogens with zero attached hydrogens (tertiary/aromatic N) is 1. The van der Waals surface area contributed by atoms with Gasteiger partial charge in [-0.2, -0.15) is 0 Å². The fourth-order valence-corrected chi connectivity index (χ4v) is 3.59. The Balaban J connectivity index is 2.21. The van der Waals surface area contributed by atoms with Crippen molar-refractivity contribution in [1.29, 1.82) is 0 Å². The third-order valence-electron chi connectivity index (χ3n) is 4.70. The molecule has 0 spiro atoms. The summed E-state index contributed by atoms with van der Waals surface area (Å²) in [4.78, 5) is 25.7. The zero-order valence-corrected chi connectivity index (χ0v) is 18.4. The maximum Gasteiger partial charge on any atom is 0.407 e. The summed E-state index contributed by atoms with van der Waals surface area (Å²) < 4.78 is 7.20. The Bertz CT molecular complexity index is 1090. The number of hydrogen-bond donors (Lipinski definition) is 1. The van der Waals surface area contributed by atoms with Crippen molar-refractivity contribution in [3.8, 4) is 11.1 Å². The van der Waals surface area contributed by atoms with Crippen molar-refractivity contribution in [3.63, 3.8) is 0 Å². The van der Waals surface area contributed by atoms with Crippen molar-refractivity contribution in [3.05, 3.63) is 70.6 Å². The zero-order chi connectivity index (χ0) is 21.9. The lowest BCUT2D eigenvalue weighted by atomic mass is 9.96. The van der Waals surface area contributed by atoms with Gasteiger partial charge >= 0.3 is 6.09 Å². The molecule has 5 nitrogen and oxygen atoms in total. The molecule has 158 valence electrons. The normalized spacial score (nSPS) is 11.7. The summed E-state index contributed by atoms with van der Waals surface area (Å²) in [7, 11) is 0. The topological polar surface area (TPSA) is 60.3 Å². The first-order valence-corrected chi connectivity index (χ1v) is 10.3. The van der Waals surface area contributed by atoms with Gasteiger partial charge in [-0.05, 0) is 43.7 Å². The molecule has 1 amide bonds.